The number of rotatable bonds is 7. The van der Waals surface area contributed by atoms with Crippen molar-refractivity contribution in [3.8, 4) is 0 Å². The number of carbonyl (C=O) groups is 2. The van der Waals surface area contributed by atoms with E-state index in [-0.39, 0.29) is 42.2 Å². The van der Waals surface area contributed by atoms with Crippen LogP contribution < -0.4 is 10.6 Å². The number of nitrogens with one attached hydrogen (secondary N) is 2. The number of halogens is 2. The molecule has 0 radical (unpaired) electrons. The minimum absolute atomic E-state index is 0.0133. The van der Waals surface area contributed by atoms with Crippen LogP contribution in [0, 0.1) is 17.6 Å². The molecule has 4 nitrogen and oxygen atoms in total. The number of carbonyl (C=O) groups excluding carboxylic acids is 2. The maximum atomic E-state index is 12.8. The molecule has 0 saturated heterocycles. The third kappa shape index (κ3) is 6.71. The molecule has 0 fully saturated rings. The van der Waals surface area contributed by atoms with Gasteiger partial charge in [0.2, 0.25) is 11.8 Å². The van der Waals surface area contributed by atoms with Crippen LogP contribution in [0.15, 0.2) is 48.5 Å². The number of anilines is 2. The Labute approximate surface area is 145 Å². The smallest absolute Gasteiger partial charge is 0.224 e. The third-order valence-corrected chi connectivity index (χ3v) is 3.65. The molecule has 0 aliphatic carbocycles. The zero-order valence-electron chi connectivity index (χ0n) is 13.9. The summed E-state index contributed by atoms with van der Waals surface area (Å²) in [5, 5.41) is 5.37. The van der Waals surface area contributed by atoms with E-state index in [0.29, 0.717) is 17.8 Å². The van der Waals surface area contributed by atoms with Gasteiger partial charge in [0.15, 0.2) is 0 Å². The Kier molecular flexibility index (Phi) is 6.62. The highest BCUT2D eigenvalue weighted by Crippen LogP contribution is 2.15. The summed E-state index contributed by atoms with van der Waals surface area (Å²) in [5.74, 6) is -1.08. The van der Waals surface area contributed by atoms with Gasteiger partial charge in [0.05, 0.1) is 0 Å². The highest BCUT2D eigenvalue weighted by molar-refractivity contribution is 5.91. The fourth-order valence-corrected chi connectivity index (χ4v) is 2.30. The summed E-state index contributed by atoms with van der Waals surface area (Å²) in [5.41, 5.74) is 1.07. The minimum Gasteiger partial charge on any atom is -0.326 e. The van der Waals surface area contributed by atoms with E-state index in [1.54, 1.807) is 0 Å². The molecular weight excluding hydrogens is 326 g/mol. The van der Waals surface area contributed by atoms with Gasteiger partial charge in [0.1, 0.15) is 11.6 Å². The van der Waals surface area contributed by atoms with Gasteiger partial charge in [0, 0.05) is 24.2 Å². The first-order valence-electron chi connectivity index (χ1n) is 8.03. The Morgan fingerprint density at radius 1 is 0.840 bits per heavy atom. The second kappa shape index (κ2) is 8.92. The molecule has 0 unspecified atom stereocenters. The summed E-state index contributed by atoms with van der Waals surface area (Å²) in [7, 11) is 0. The molecule has 0 aliphatic rings. The van der Waals surface area contributed by atoms with Crippen molar-refractivity contribution in [3.63, 3.8) is 0 Å². The number of hydrogen-bond acceptors (Lipinski definition) is 2. The molecular formula is C19H20F2N2O2. The maximum Gasteiger partial charge on any atom is 0.224 e. The number of hydrogen-bond donors (Lipinski definition) is 2. The molecule has 0 aromatic heterocycles. The lowest BCUT2D eigenvalue weighted by atomic mass is 10.0. The summed E-state index contributed by atoms with van der Waals surface area (Å²) in [6, 6.07) is 11.1. The lowest BCUT2D eigenvalue weighted by Gasteiger charge is -2.12. The van der Waals surface area contributed by atoms with Gasteiger partial charge < -0.3 is 10.6 Å². The monoisotopic (exact) mass is 346 g/mol. The summed E-state index contributed by atoms with van der Waals surface area (Å²) < 4.78 is 25.6. The van der Waals surface area contributed by atoms with Gasteiger partial charge in [-0.2, -0.15) is 0 Å². The van der Waals surface area contributed by atoms with Crippen LogP contribution in [0.3, 0.4) is 0 Å². The zero-order valence-corrected chi connectivity index (χ0v) is 13.9. The van der Waals surface area contributed by atoms with Gasteiger partial charge >= 0.3 is 0 Å². The Morgan fingerprint density at radius 2 is 1.28 bits per heavy atom. The van der Waals surface area contributed by atoms with Crippen LogP contribution in [0.4, 0.5) is 20.2 Å². The van der Waals surface area contributed by atoms with Crippen molar-refractivity contribution in [3.05, 3.63) is 60.2 Å². The van der Waals surface area contributed by atoms with Crippen LogP contribution in [0.5, 0.6) is 0 Å². The lowest BCUT2D eigenvalue weighted by molar-refractivity contribution is -0.118. The predicted octanol–water partition coefficient (Wildman–Crippen LogP) is 4.35. The Hall–Kier alpha value is -2.76. The molecule has 6 heteroatoms. The molecule has 0 saturated carbocycles. The molecule has 2 rings (SSSR count). The highest BCUT2D eigenvalue weighted by atomic mass is 19.1. The van der Waals surface area contributed by atoms with Crippen LogP contribution in [-0.2, 0) is 9.59 Å². The molecule has 2 aromatic rings. The van der Waals surface area contributed by atoms with Crippen molar-refractivity contribution in [2.24, 2.45) is 5.92 Å². The SMILES string of the molecule is C[C@H](CCC(=O)Nc1ccc(F)cc1)CC(=O)Nc1ccc(F)cc1. The van der Waals surface area contributed by atoms with Crippen molar-refractivity contribution >= 4 is 23.2 Å². The summed E-state index contributed by atoms with van der Waals surface area (Å²) in [6.45, 7) is 1.88. The van der Waals surface area contributed by atoms with Crippen molar-refractivity contribution < 1.29 is 18.4 Å². The van der Waals surface area contributed by atoms with Crippen LogP contribution in [0.2, 0.25) is 0 Å². The summed E-state index contributed by atoms with van der Waals surface area (Å²) in [6.07, 6.45) is 1.08. The van der Waals surface area contributed by atoms with E-state index in [1.165, 1.54) is 48.5 Å². The van der Waals surface area contributed by atoms with Gasteiger partial charge in [-0.1, -0.05) is 6.92 Å². The minimum atomic E-state index is -0.362. The normalized spacial score (nSPS) is 11.6. The van der Waals surface area contributed by atoms with Crippen LogP contribution >= 0.6 is 0 Å². The van der Waals surface area contributed by atoms with Crippen LogP contribution in [0.1, 0.15) is 26.2 Å². The average molecular weight is 346 g/mol. The van der Waals surface area contributed by atoms with E-state index >= 15 is 0 Å². The van der Waals surface area contributed by atoms with Gasteiger partial charge in [0.25, 0.3) is 0 Å². The first-order valence-corrected chi connectivity index (χ1v) is 8.03. The van der Waals surface area contributed by atoms with Gasteiger partial charge in [-0.25, -0.2) is 8.78 Å². The van der Waals surface area contributed by atoms with E-state index in [4.69, 9.17) is 0 Å². The molecule has 1 atom stereocenters. The molecule has 25 heavy (non-hydrogen) atoms. The van der Waals surface area contributed by atoms with Crippen molar-refractivity contribution in [1.29, 1.82) is 0 Å². The third-order valence-electron chi connectivity index (χ3n) is 3.65. The van der Waals surface area contributed by atoms with E-state index in [0.717, 1.165) is 0 Å². The van der Waals surface area contributed by atoms with Crippen molar-refractivity contribution in [2.45, 2.75) is 26.2 Å². The van der Waals surface area contributed by atoms with Crippen molar-refractivity contribution in [2.75, 3.05) is 10.6 Å². The van der Waals surface area contributed by atoms with Gasteiger partial charge in [-0.05, 0) is 60.9 Å². The van der Waals surface area contributed by atoms with E-state index in [1.807, 2.05) is 6.92 Å². The van der Waals surface area contributed by atoms with E-state index < -0.39 is 0 Å². The van der Waals surface area contributed by atoms with Crippen molar-refractivity contribution in [1.82, 2.24) is 0 Å². The highest BCUT2D eigenvalue weighted by Gasteiger charge is 2.12. The second-order valence-electron chi connectivity index (χ2n) is 5.96. The number of amides is 2. The van der Waals surface area contributed by atoms with Gasteiger partial charge in [-0.15, -0.1) is 0 Å². The quantitative estimate of drug-likeness (QED) is 0.783. The molecule has 0 heterocycles. The second-order valence-corrected chi connectivity index (χ2v) is 5.96. The predicted molar refractivity (Wildman–Crippen MR) is 93.1 cm³/mol. The Balaban J connectivity index is 1.71. The van der Waals surface area contributed by atoms with E-state index in [9.17, 15) is 18.4 Å². The first kappa shape index (κ1) is 18.6. The molecule has 0 spiro atoms. The Bertz CT molecular complexity index is 715. The Morgan fingerprint density at radius 3 is 1.76 bits per heavy atom. The average Bonchev–Trinajstić information content (AvgIpc) is 2.57. The fourth-order valence-electron chi connectivity index (χ4n) is 2.30. The molecule has 0 bridgehead atoms. The molecule has 2 amide bonds. The number of benzene rings is 2. The first-order chi connectivity index (χ1) is 11.9. The lowest BCUT2D eigenvalue weighted by Crippen LogP contribution is -2.17. The molecule has 132 valence electrons. The van der Waals surface area contributed by atoms with E-state index in [2.05, 4.69) is 10.6 Å². The van der Waals surface area contributed by atoms with Crippen LogP contribution in [0.25, 0.3) is 0 Å². The molecule has 0 aliphatic heterocycles. The summed E-state index contributed by atoms with van der Waals surface area (Å²) in [4.78, 5) is 23.8. The maximum absolute atomic E-state index is 12.8. The standard InChI is InChI=1S/C19H20F2N2O2/c1-13(12-19(25)23-17-9-5-15(21)6-10-17)2-11-18(24)22-16-7-3-14(20)4-8-16/h3-10,13H,2,11-12H2,1H3,(H,22,24)(H,23,25)/t13-/m1/s1. The zero-order chi connectivity index (χ0) is 18.2. The van der Waals surface area contributed by atoms with Crippen LogP contribution in [-0.4, -0.2) is 11.8 Å². The fraction of sp³-hybridized carbons (Fsp3) is 0.263. The summed E-state index contributed by atoms with van der Waals surface area (Å²) >= 11 is 0. The largest absolute Gasteiger partial charge is 0.326 e. The topological polar surface area (TPSA) is 58.2 Å². The molecule has 2 aromatic carbocycles. The molecule has 2 N–H and O–H groups in total. The van der Waals surface area contributed by atoms with Gasteiger partial charge in [-0.3, -0.25) is 9.59 Å².